The summed E-state index contributed by atoms with van der Waals surface area (Å²) in [6.07, 6.45) is 2.33. The molecule has 3 N–H and O–H groups in total. The summed E-state index contributed by atoms with van der Waals surface area (Å²) < 4.78 is 12.8. The number of hydrogen-bond acceptors (Lipinski definition) is 3. The van der Waals surface area contributed by atoms with Crippen LogP contribution < -0.4 is 16.0 Å². The van der Waals surface area contributed by atoms with Gasteiger partial charge >= 0.3 is 6.03 Å². The number of hydrogen-bond donors (Lipinski definition) is 3. The number of aromatic nitrogens is 1. The fraction of sp³-hybridized carbons (Fsp3) is 0.364. The third kappa shape index (κ3) is 4.36. The number of nitrogens with one attached hydrogen (secondary N) is 3. The first kappa shape index (κ1) is 13.9. The van der Waals surface area contributed by atoms with Crippen LogP contribution in [0.5, 0.6) is 0 Å². The number of anilines is 1. The quantitative estimate of drug-likeness (QED) is 0.745. The summed E-state index contributed by atoms with van der Waals surface area (Å²) >= 11 is 0. The average molecular weight is 254 g/mol. The molecule has 0 aliphatic rings. The lowest BCUT2D eigenvalue weighted by molar-refractivity contribution is -0.122. The first-order valence-corrected chi connectivity index (χ1v) is 5.48. The maximum atomic E-state index is 12.8. The molecule has 0 unspecified atom stereocenters. The summed E-state index contributed by atoms with van der Waals surface area (Å²) in [5.41, 5.74) is 0.218. The first-order chi connectivity index (χ1) is 8.52. The fourth-order valence-electron chi connectivity index (χ4n) is 1.24. The highest BCUT2D eigenvalue weighted by molar-refractivity contribution is 5.93. The van der Waals surface area contributed by atoms with E-state index in [1.807, 2.05) is 0 Å². The van der Waals surface area contributed by atoms with Gasteiger partial charge in [0.15, 0.2) is 0 Å². The molecule has 1 atom stereocenters. The monoisotopic (exact) mass is 254 g/mol. The Labute approximate surface area is 104 Å². The smallest absolute Gasteiger partial charge is 0.319 e. The van der Waals surface area contributed by atoms with Crippen molar-refractivity contribution in [3.05, 3.63) is 24.3 Å². The normalized spacial score (nSPS) is 11.5. The predicted molar refractivity (Wildman–Crippen MR) is 64.5 cm³/mol. The van der Waals surface area contributed by atoms with Gasteiger partial charge in [-0.1, -0.05) is 0 Å². The summed E-state index contributed by atoms with van der Waals surface area (Å²) in [5.74, 6) is -0.838. The van der Waals surface area contributed by atoms with Gasteiger partial charge in [-0.25, -0.2) is 9.18 Å². The number of urea groups is 1. The Morgan fingerprint density at radius 1 is 1.44 bits per heavy atom. The van der Waals surface area contributed by atoms with Gasteiger partial charge in [0.05, 0.1) is 18.1 Å². The van der Waals surface area contributed by atoms with Gasteiger partial charge < -0.3 is 16.0 Å². The van der Waals surface area contributed by atoms with Crippen molar-refractivity contribution < 1.29 is 14.0 Å². The van der Waals surface area contributed by atoms with E-state index in [-0.39, 0.29) is 11.6 Å². The number of pyridine rings is 1. The van der Waals surface area contributed by atoms with Gasteiger partial charge in [0, 0.05) is 12.6 Å². The number of amides is 3. The highest BCUT2D eigenvalue weighted by Crippen LogP contribution is 2.06. The largest absolute Gasteiger partial charge is 0.355 e. The summed E-state index contributed by atoms with van der Waals surface area (Å²) in [7, 11) is 0. The van der Waals surface area contributed by atoms with Crippen LogP contribution >= 0.6 is 0 Å². The third-order valence-corrected chi connectivity index (χ3v) is 2.05. The van der Waals surface area contributed by atoms with E-state index < -0.39 is 17.9 Å². The van der Waals surface area contributed by atoms with E-state index in [1.54, 1.807) is 13.8 Å². The maximum Gasteiger partial charge on any atom is 0.319 e. The lowest BCUT2D eigenvalue weighted by Crippen LogP contribution is -2.46. The molecule has 0 aliphatic heterocycles. The van der Waals surface area contributed by atoms with Crippen molar-refractivity contribution in [2.24, 2.45) is 0 Å². The molecule has 98 valence electrons. The first-order valence-electron chi connectivity index (χ1n) is 5.48. The van der Waals surface area contributed by atoms with E-state index >= 15 is 0 Å². The Hall–Kier alpha value is -2.18. The molecule has 18 heavy (non-hydrogen) atoms. The Kier molecular flexibility index (Phi) is 5.04. The lowest BCUT2D eigenvalue weighted by Gasteiger charge is -2.13. The molecule has 1 rings (SSSR count). The minimum Gasteiger partial charge on any atom is -0.355 e. The zero-order valence-corrected chi connectivity index (χ0v) is 10.2. The van der Waals surface area contributed by atoms with Crippen LogP contribution in [0.4, 0.5) is 14.9 Å². The second kappa shape index (κ2) is 6.53. The van der Waals surface area contributed by atoms with Gasteiger partial charge in [-0.15, -0.1) is 0 Å². The van der Waals surface area contributed by atoms with Gasteiger partial charge in [0.1, 0.15) is 11.9 Å². The van der Waals surface area contributed by atoms with Crippen LogP contribution in [0.2, 0.25) is 0 Å². The van der Waals surface area contributed by atoms with Crippen LogP contribution in [-0.4, -0.2) is 29.5 Å². The number of nitrogens with zero attached hydrogens (tertiary/aromatic N) is 1. The lowest BCUT2D eigenvalue weighted by atomic mass is 10.3. The van der Waals surface area contributed by atoms with Crippen LogP contribution in [0.15, 0.2) is 18.5 Å². The van der Waals surface area contributed by atoms with Crippen molar-refractivity contribution in [1.82, 2.24) is 15.6 Å². The molecule has 0 saturated heterocycles. The summed E-state index contributed by atoms with van der Waals surface area (Å²) in [6.45, 7) is 3.82. The molecule has 0 spiro atoms. The summed E-state index contributed by atoms with van der Waals surface area (Å²) in [5, 5.41) is 7.37. The predicted octanol–water partition coefficient (Wildman–Crippen LogP) is 0.867. The fourth-order valence-corrected chi connectivity index (χ4v) is 1.24. The average Bonchev–Trinajstić information content (AvgIpc) is 2.28. The molecule has 0 saturated carbocycles. The van der Waals surface area contributed by atoms with Crippen LogP contribution in [0.25, 0.3) is 0 Å². The molecular weight excluding hydrogens is 239 g/mol. The SMILES string of the molecule is CCNC(=O)[C@H](C)NC(=O)Nc1cncc(F)c1. The van der Waals surface area contributed by atoms with Gasteiger partial charge in [-0.05, 0) is 13.8 Å². The molecule has 3 amide bonds. The Morgan fingerprint density at radius 2 is 2.17 bits per heavy atom. The van der Waals surface area contributed by atoms with Crippen molar-refractivity contribution >= 4 is 17.6 Å². The molecule has 6 nitrogen and oxygen atoms in total. The molecule has 1 aromatic rings. The topological polar surface area (TPSA) is 83.1 Å². The number of likely N-dealkylation sites (N-methyl/N-ethyl adjacent to an activating group) is 1. The molecule has 0 aliphatic carbocycles. The number of rotatable bonds is 4. The maximum absolute atomic E-state index is 12.8. The molecule has 0 radical (unpaired) electrons. The van der Waals surface area contributed by atoms with Gasteiger partial charge in [0.25, 0.3) is 0 Å². The molecular formula is C11H15FN4O2. The highest BCUT2D eigenvalue weighted by atomic mass is 19.1. The van der Waals surface area contributed by atoms with E-state index in [2.05, 4.69) is 20.9 Å². The second-order valence-corrected chi connectivity index (χ2v) is 3.61. The van der Waals surface area contributed by atoms with Crippen LogP contribution in [0, 0.1) is 5.82 Å². The van der Waals surface area contributed by atoms with Crippen LogP contribution in [-0.2, 0) is 4.79 Å². The molecule has 1 heterocycles. The van der Waals surface area contributed by atoms with Crippen molar-refractivity contribution in [3.63, 3.8) is 0 Å². The Bertz CT molecular complexity index is 439. The number of halogens is 1. The zero-order valence-electron chi connectivity index (χ0n) is 10.2. The van der Waals surface area contributed by atoms with Crippen molar-refractivity contribution in [1.29, 1.82) is 0 Å². The standard InChI is InChI=1S/C11H15FN4O2/c1-3-14-10(17)7(2)15-11(18)16-9-4-8(12)5-13-6-9/h4-7H,3H2,1-2H3,(H,14,17)(H2,15,16,18)/t7-/m0/s1. The van der Waals surface area contributed by atoms with E-state index in [1.165, 1.54) is 6.20 Å². The van der Waals surface area contributed by atoms with E-state index in [0.29, 0.717) is 6.54 Å². The molecule has 7 heteroatoms. The van der Waals surface area contributed by atoms with Crippen molar-refractivity contribution in [3.8, 4) is 0 Å². The molecule has 1 aromatic heterocycles. The minimum absolute atomic E-state index is 0.218. The third-order valence-electron chi connectivity index (χ3n) is 2.05. The van der Waals surface area contributed by atoms with Gasteiger partial charge in [-0.3, -0.25) is 9.78 Å². The second-order valence-electron chi connectivity index (χ2n) is 3.61. The van der Waals surface area contributed by atoms with Crippen molar-refractivity contribution in [2.45, 2.75) is 19.9 Å². The van der Waals surface area contributed by atoms with Crippen LogP contribution in [0.3, 0.4) is 0 Å². The Balaban J connectivity index is 2.49. The summed E-state index contributed by atoms with van der Waals surface area (Å²) in [6, 6.07) is -0.142. The number of carbonyl (C=O) groups excluding carboxylic acids is 2. The van der Waals surface area contributed by atoms with Gasteiger partial charge in [0.2, 0.25) is 5.91 Å². The molecule has 0 bridgehead atoms. The minimum atomic E-state index is -0.675. The number of carbonyl (C=O) groups is 2. The Morgan fingerprint density at radius 3 is 2.78 bits per heavy atom. The summed E-state index contributed by atoms with van der Waals surface area (Å²) in [4.78, 5) is 26.4. The van der Waals surface area contributed by atoms with E-state index in [4.69, 9.17) is 0 Å². The van der Waals surface area contributed by atoms with E-state index in [9.17, 15) is 14.0 Å². The molecule has 0 fully saturated rings. The van der Waals surface area contributed by atoms with Crippen LogP contribution in [0.1, 0.15) is 13.8 Å². The van der Waals surface area contributed by atoms with Gasteiger partial charge in [-0.2, -0.15) is 0 Å². The molecule has 0 aromatic carbocycles. The van der Waals surface area contributed by atoms with Crippen molar-refractivity contribution in [2.75, 3.05) is 11.9 Å². The highest BCUT2D eigenvalue weighted by Gasteiger charge is 2.14. The zero-order chi connectivity index (χ0) is 13.5. The van der Waals surface area contributed by atoms with E-state index in [0.717, 1.165) is 12.3 Å².